The van der Waals surface area contributed by atoms with Gasteiger partial charge in [-0.15, -0.1) is 0 Å². The predicted molar refractivity (Wildman–Crippen MR) is 114 cm³/mol. The van der Waals surface area contributed by atoms with Crippen LogP contribution in [0.4, 0.5) is 5.69 Å². The first-order valence-corrected chi connectivity index (χ1v) is 11.3. The van der Waals surface area contributed by atoms with Crippen LogP contribution in [0.2, 0.25) is 0 Å². The molecule has 6 nitrogen and oxygen atoms in total. The Morgan fingerprint density at radius 1 is 1.07 bits per heavy atom. The summed E-state index contributed by atoms with van der Waals surface area (Å²) in [6.07, 6.45) is 1.61. The lowest BCUT2D eigenvalue weighted by Gasteiger charge is -2.30. The lowest BCUT2D eigenvalue weighted by Crippen LogP contribution is -3.15. The molecule has 0 spiro atoms. The highest BCUT2D eigenvalue weighted by atomic mass is 79.9. The molecule has 1 aliphatic heterocycles. The minimum atomic E-state index is -3.45. The number of amides is 1. The fourth-order valence-electron chi connectivity index (χ4n) is 3.03. The van der Waals surface area contributed by atoms with Crippen molar-refractivity contribution < 1.29 is 18.1 Å². The van der Waals surface area contributed by atoms with E-state index in [4.69, 9.17) is 0 Å². The van der Waals surface area contributed by atoms with Crippen LogP contribution in [0.15, 0.2) is 64.5 Å². The molecule has 1 aliphatic rings. The molecule has 1 heterocycles. The molecular formula is C20H23BrN3O3S+. The molecule has 0 atom stereocenters. The highest BCUT2D eigenvalue weighted by Gasteiger charge is 2.28. The summed E-state index contributed by atoms with van der Waals surface area (Å²) < 4.78 is 27.3. The van der Waals surface area contributed by atoms with Gasteiger partial charge >= 0.3 is 0 Å². The average molecular weight is 465 g/mol. The molecule has 3 rings (SSSR count). The maximum Gasteiger partial charge on any atom is 0.279 e. The Hall–Kier alpha value is -2.00. The van der Waals surface area contributed by atoms with Crippen LogP contribution < -0.4 is 10.2 Å². The van der Waals surface area contributed by atoms with E-state index in [0.717, 1.165) is 20.6 Å². The van der Waals surface area contributed by atoms with Crippen molar-refractivity contribution in [2.24, 2.45) is 0 Å². The molecule has 1 amide bonds. The topological polar surface area (TPSA) is 70.9 Å². The highest BCUT2D eigenvalue weighted by molar-refractivity contribution is 9.10. The molecule has 0 unspecified atom stereocenters. The molecule has 2 aromatic carbocycles. The standard InChI is InChI=1S/C20H22BrN3O3S/c21-18-8-4-5-9-19(18)22-20(25)16-23-11-13-24(14-12-23)28(26,27)15-10-17-6-2-1-3-7-17/h1-10,15H,11-14,16H2,(H,22,25)/p+1/b15-10+. The summed E-state index contributed by atoms with van der Waals surface area (Å²) >= 11 is 3.41. The van der Waals surface area contributed by atoms with E-state index in [1.165, 1.54) is 9.71 Å². The number of benzene rings is 2. The maximum atomic E-state index is 12.5. The zero-order valence-corrected chi connectivity index (χ0v) is 17.7. The van der Waals surface area contributed by atoms with Crippen molar-refractivity contribution in [3.05, 3.63) is 70.0 Å². The Balaban J connectivity index is 1.50. The number of carbonyl (C=O) groups excluding carboxylic acids is 1. The van der Waals surface area contributed by atoms with E-state index in [-0.39, 0.29) is 5.91 Å². The first-order valence-electron chi connectivity index (χ1n) is 9.05. The molecule has 0 aliphatic carbocycles. The average Bonchev–Trinajstić information content (AvgIpc) is 2.69. The Kier molecular flexibility index (Phi) is 7.01. The van der Waals surface area contributed by atoms with Gasteiger partial charge in [0.15, 0.2) is 6.54 Å². The Morgan fingerprint density at radius 3 is 2.39 bits per heavy atom. The monoisotopic (exact) mass is 464 g/mol. The SMILES string of the molecule is O=C(C[NH+]1CCN(S(=O)(=O)/C=C/c2ccccc2)CC1)Nc1ccccc1Br. The van der Waals surface area contributed by atoms with E-state index in [0.29, 0.717) is 32.7 Å². The number of para-hydroxylation sites is 1. The number of nitrogens with one attached hydrogen (secondary N) is 2. The fraction of sp³-hybridized carbons (Fsp3) is 0.250. The van der Waals surface area contributed by atoms with Gasteiger partial charge < -0.3 is 10.2 Å². The number of carbonyl (C=O) groups is 1. The summed E-state index contributed by atoms with van der Waals surface area (Å²) in [6, 6.07) is 16.8. The third-order valence-electron chi connectivity index (χ3n) is 4.58. The van der Waals surface area contributed by atoms with Crippen molar-refractivity contribution in [1.82, 2.24) is 4.31 Å². The summed E-state index contributed by atoms with van der Waals surface area (Å²) in [5.74, 6) is -0.0813. The molecule has 2 N–H and O–H groups in total. The van der Waals surface area contributed by atoms with E-state index < -0.39 is 10.0 Å². The zero-order chi connectivity index (χ0) is 20.0. The van der Waals surface area contributed by atoms with E-state index >= 15 is 0 Å². The van der Waals surface area contributed by atoms with Crippen LogP contribution >= 0.6 is 15.9 Å². The third kappa shape index (κ3) is 5.75. The van der Waals surface area contributed by atoms with Crippen molar-refractivity contribution in [1.29, 1.82) is 0 Å². The van der Waals surface area contributed by atoms with Gasteiger partial charge in [-0.3, -0.25) is 4.79 Å². The van der Waals surface area contributed by atoms with Crippen molar-refractivity contribution in [2.45, 2.75) is 0 Å². The molecule has 8 heteroatoms. The molecule has 0 bridgehead atoms. The van der Waals surface area contributed by atoms with Crippen LogP contribution in [0.5, 0.6) is 0 Å². The number of piperazine rings is 1. The molecule has 148 valence electrons. The summed E-state index contributed by atoms with van der Waals surface area (Å²) in [4.78, 5) is 13.3. The summed E-state index contributed by atoms with van der Waals surface area (Å²) in [6.45, 7) is 2.32. The van der Waals surface area contributed by atoms with Gasteiger partial charge in [0, 0.05) is 9.88 Å². The lowest BCUT2D eigenvalue weighted by atomic mass is 10.2. The van der Waals surface area contributed by atoms with Gasteiger partial charge in [-0.05, 0) is 39.7 Å². The van der Waals surface area contributed by atoms with Gasteiger partial charge in [-0.1, -0.05) is 42.5 Å². The first-order chi connectivity index (χ1) is 13.4. The maximum absolute atomic E-state index is 12.5. The molecule has 0 radical (unpaired) electrons. The highest BCUT2D eigenvalue weighted by Crippen LogP contribution is 2.20. The molecule has 0 saturated carbocycles. The minimum absolute atomic E-state index is 0.0813. The number of hydrogen-bond acceptors (Lipinski definition) is 3. The number of halogens is 1. The van der Waals surface area contributed by atoms with Gasteiger partial charge in [0.1, 0.15) is 0 Å². The molecule has 1 fully saturated rings. The molecule has 0 aromatic heterocycles. The number of sulfonamides is 1. The van der Waals surface area contributed by atoms with Crippen LogP contribution in [0.25, 0.3) is 6.08 Å². The molecular weight excluding hydrogens is 442 g/mol. The van der Waals surface area contributed by atoms with Gasteiger partial charge in [0.05, 0.1) is 31.9 Å². The Labute approximate surface area is 174 Å². The molecule has 28 heavy (non-hydrogen) atoms. The van der Waals surface area contributed by atoms with Crippen molar-refractivity contribution in [3.8, 4) is 0 Å². The van der Waals surface area contributed by atoms with Gasteiger partial charge in [-0.25, -0.2) is 8.42 Å². The second-order valence-corrected chi connectivity index (χ2v) is 9.29. The number of nitrogens with zero attached hydrogens (tertiary/aromatic N) is 1. The molecule has 1 saturated heterocycles. The molecule has 2 aromatic rings. The van der Waals surface area contributed by atoms with Crippen LogP contribution in [-0.4, -0.2) is 51.4 Å². The Morgan fingerprint density at radius 2 is 1.71 bits per heavy atom. The van der Waals surface area contributed by atoms with Crippen LogP contribution in [0, 0.1) is 0 Å². The quantitative estimate of drug-likeness (QED) is 0.681. The predicted octanol–water partition coefficient (Wildman–Crippen LogP) is 1.59. The number of rotatable bonds is 6. The van der Waals surface area contributed by atoms with Gasteiger partial charge in [0.2, 0.25) is 10.0 Å². The van der Waals surface area contributed by atoms with E-state index in [1.54, 1.807) is 6.08 Å². The van der Waals surface area contributed by atoms with Crippen molar-refractivity contribution in [2.75, 3.05) is 38.0 Å². The van der Waals surface area contributed by atoms with Crippen molar-refractivity contribution in [3.63, 3.8) is 0 Å². The van der Waals surface area contributed by atoms with Gasteiger partial charge in [0.25, 0.3) is 5.91 Å². The fourth-order valence-corrected chi connectivity index (χ4v) is 4.61. The van der Waals surface area contributed by atoms with Crippen LogP contribution in [0.1, 0.15) is 5.56 Å². The summed E-state index contributed by atoms with van der Waals surface area (Å²) in [5.41, 5.74) is 1.58. The van der Waals surface area contributed by atoms with Gasteiger partial charge in [-0.2, -0.15) is 4.31 Å². The first kappa shape index (κ1) is 20.7. The normalized spacial score (nSPS) is 16.3. The van der Waals surface area contributed by atoms with E-state index in [2.05, 4.69) is 21.2 Å². The Bertz CT molecular complexity index is 940. The largest absolute Gasteiger partial charge is 0.325 e. The van der Waals surface area contributed by atoms with Crippen molar-refractivity contribution >= 4 is 43.6 Å². The van der Waals surface area contributed by atoms with Crippen LogP contribution in [-0.2, 0) is 14.8 Å². The van der Waals surface area contributed by atoms with Crippen LogP contribution in [0.3, 0.4) is 0 Å². The minimum Gasteiger partial charge on any atom is -0.325 e. The number of hydrogen-bond donors (Lipinski definition) is 2. The number of anilines is 1. The number of quaternary nitrogens is 1. The summed E-state index contributed by atoms with van der Waals surface area (Å²) in [5, 5.41) is 4.14. The summed E-state index contributed by atoms with van der Waals surface area (Å²) in [7, 11) is -3.45. The zero-order valence-electron chi connectivity index (χ0n) is 15.3. The van der Waals surface area contributed by atoms with E-state index in [1.807, 2.05) is 54.6 Å². The smallest absolute Gasteiger partial charge is 0.279 e. The lowest BCUT2D eigenvalue weighted by molar-refractivity contribution is -0.895. The second kappa shape index (κ2) is 9.47. The van der Waals surface area contributed by atoms with E-state index in [9.17, 15) is 13.2 Å². The third-order valence-corrected chi connectivity index (χ3v) is 6.84. The second-order valence-electron chi connectivity index (χ2n) is 6.61.